The average molecular weight is 260 g/mol. The highest BCUT2D eigenvalue weighted by Crippen LogP contribution is 2.31. The van der Waals surface area contributed by atoms with Gasteiger partial charge < -0.3 is 5.32 Å². The molecule has 0 saturated heterocycles. The Morgan fingerprint density at radius 1 is 1.21 bits per heavy atom. The van der Waals surface area contributed by atoms with Crippen molar-refractivity contribution in [1.82, 2.24) is 14.8 Å². The number of nitrogens with zero attached hydrogens (tertiary/aromatic N) is 3. The van der Waals surface area contributed by atoms with Crippen molar-refractivity contribution < 1.29 is 8.78 Å². The lowest BCUT2D eigenvalue weighted by molar-refractivity contribution is 0.587. The van der Waals surface area contributed by atoms with Crippen LogP contribution in [0, 0.1) is 11.6 Å². The summed E-state index contributed by atoms with van der Waals surface area (Å²) in [6.45, 7) is 5.56. The second kappa shape index (κ2) is 4.01. The van der Waals surface area contributed by atoms with E-state index in [0.717, 1.165) is 5.70 Å². The van der Waals surface area contributed by atoms with Crippen LogP contribution < -0.4 is 5.32 Å². The number of fused-ring (bicyclic) bond motifs is 1. The molecule has 2 heterocycles. The molecule has 1 aliphatic heterocycles. The zero-order chi connectivity index (χ0) is 13.6. The van der Waals surface area contributed by atoms with Crippen LogP contribution in [0.1, 0.15) is 6.92 Å². The second-order valence-electron chi connectivity index (χ2n) is 4.22. The normalized spacial score (nSPS) is 13.8. The summed E-state index contributed by atoms with van der Waals surface area (Å²) in [4.78, 5) is 0. The number of aromatic nitrogens is 3. The zero-order valence-electron chi connectivity index (χ0n) is 10.1. The van der Waals surface area contributed by atoms with Gasteiger partial charge in [0.2, 0.25) is 5.95 Å². The van der Waals surface area contributed by atoms with Gasteiger partial charge in [0.15, 0.2) is 5.82 Å². The van der Waals surface area contributed by atoms with Crippen molar-refractivity contribution in [2.75, 3.05) is 5.32 Å². The van der Waals surface area contributed by atoms with Crippen molar-refractivity contribution in [3.8, 4) is 11.4 Å². The summed E-state index contributed by atoms with van der Waals surface area (Å²) in [5.41, 5.74) is 1.20. The summed E-state index contributed by atoms with van der Waals surface area (Å²) >= 11 is 0. The summed E-state index contributed by atoms with van der Waals surface area (Å²) < 4.78 is 29.2. The van der Waals surface area contributed by atoms with E-state index >= 15 is 0 Å². The monoisotopic (exact) mass is 260 g/mol. The quantitative estimate of drug-likeness (QED) is 0.857. The van der Waals surface area contributed by atoms with Crippen LogP contribution in [0.25, 0.3) is 17.1 Å². The number of allylic oxidation sites excluding steroid dienone is 2. The summed E-state index contributed by atoms with van der Waals surface area (Å²) in [7, 11) is 0. The average Bonchev–Trinajstić information content (AvgIpc) is 2.72. The number of nitrogens with one attached hydrogen (secondary N) is 1. The van der Waals surface area contributed by atoms with Crippen LogP contribution in [0.4, 0.5) is 14.7 Å². The van der Waals surface area contributed by atoms with E-state index in [1.807, 2.05) is 0 Å². The Hall–Kier alpha value is -2.50. The summed E-state index contributed by atoms with van der Waals surface area (Å²) in [6, 6.07) is 3.69. The van der Waals surface area contributed by atoms with Crippen molar-refractivity contribution in [1.29, 1.82) is 0 Å². The van der Waals surface area contributed by atoms with E-state index in [9.17, 15) is 8.78 Å². The fourth-order valence-corrected chi connectivity index (χ4v) is 2.07. The fraction of sp³-hybridized carbons (Fsp3) is 0.0769. The van der Waals surface area contributed by atoms with Crippen LogP contribution in [0.3, 0.4) is 0 Å². The molecule has 1 aromatic heterocycles. The maximum atomic E-state index is 13.8. The van der Waals surface area contributed by atoms with Crippen LogP contribution in [-0.2, 0) is 0 Å². The Balaban J connectivity index is 2.26. The third kappa shape index (κ3) is 1.72. The molecule has 19 heavy (non-hydrogen) atoms. The smallest absolute Gasteiger partial charge is 0.233 e. The van der Waals surface area contributed by atoms with Gasteiger partial charge in [-0.25, -0.2) is 8.78 Å². The number of halogens is 2. The van der Waals surface area contributed by atoms with E-state index in [1.165, 1.54) is 18.2 Å². The molecular weight excluding hydrogens is 250 g/mol. The first-order valence-corrected chi connectivity index (χ1v) is 5.62. The van der Waals surface area contributed by atoms with E-state index in [-0.39, 0.29) is 11.4 Å². The minimum atomic E-state index is -0.674. The number of hydrogen-bond donors (Lipinski definition) is 1. The van der Waals surface area contributed by atoms with Gasteiger partial charge in [-0.2, -0.15) is 0 Å². The van der Waals surface area contributed by atoms with Crippen LogP contribution in [0.2, 0.25) is 0 Å². The number of hydrogen-bond acceptors (Lipinski definition) is 3. The lowest BCUT2D eigenvalue weighted by Gasteiger charge is -2.17. The molecule has 0 spiro atoms. The molecular formula is C13H10F2N4. The Bertz CT molecular complexity index is 695. The molecule has 1 aliphatic rings. The first kappa shape index (κ1) is 11.6. The number of benzene rings is 1. The van der Waals surface area contributed by atoms with Crippen molar-refractivity contribution in [2.24, 2.45) is 0 Å². The van der Waals surface area contributed by atoms with Crippen molar-refractivity contribution in [3.63, 3.8) is 0 Å². The Kier molecular flexibility index (Phi) is 2.45. The van der Waals surface area contributed by atoms with Gasteiger partial charge in [0, 0.05) is 11.4 Å². The van der Waals surface area contributed by atoms with E-state index in [0.29, 0.717) is 11.6 Å². The minimum absolute atomic E-state index is 0.124. The molecule has 96 valence electrons. The van der Waals surface area contributed by atoms with E-state index in [1.54, 1.807) is 17.6 Å². The van der Waals surface area contributed by atoms with Crippen LogP contribution in [0.15, 0.2) is 36.6 Å². The molecule has 0 aliphatic carbocycles. The standard InChI is InChI=1S/C13H10F2N4/c1-7-6-8(2)19-12(17-18-13(19)16-7)11-9(14)4-3-5-10(11)15/h3-6H,1H2,2H3,(H,16,18). The third-order valence-electron chi connectivity index (χ3n) is 2.86. The highest BCUT2D eigenvalue weighted by molar-refractivity contribution is 5.70. The third-order valence-corrected chi connectivity index (χ3v) is 2.86. The Morgan fingerprint density at radius 2 is 1.89 bits per heavy atom. The molecule has 1 N–H and O–H groups in total. The first-order chi connectivity index (χ1) is 9.08. The molecule has 1 aromatic carbocycles. The predicted octanol–water partition coefficient (Wildman–Crippen LogP) is 3.02. The van der Waals surface area contributed by atoms with Gasteiger partial charge in [0.05, 0.1) is 5.56 Å². The molecule has 3 rings (SSSR count). The highest BCUT2D eigenvalue weighted by atomic mass is 19.1. The molecule has 0 radical (unpaired) electrons. The van der Waals surface area contributed by atoms with Crippen LogP contribution >= 0.6 is 0 Å². The van der Waals surface area contributed by atoms with Gasteiger partial charge in [-0.05, 0) is 25.1 Å². The molecule has 6 heteroatoms. The van der Waals surface area contributed by atoms with Gasteiger partial charge in [0.1, 0.15) is 11.6 Å². The molecule has 0 atom stereocenters. The maximum Gasteiger partial charge on any atom is 0.233 e. The zero-order valence-corrected chi connectivity index (χ0v) is 10.1. The number of rotatable bonds is 1. The van der Waals surface area contributed by atoms with E-state index in [2.05, 4.69) is 22.1 Å². The van der Waals surface area contributed by atoms with Crippen LogP contribution in [-0.4, -0.2) is 14.8 Å². The minimum Gasteiger partial charge on any atom is -0.324 e. The molecule has 0 unspecified atom stereocenters. The van der Waals surface area contributed by atoms with E-state index in [4.69, 9.17) is 0 Å². The first-order valence-electron chi connectivity index (χ1n) is 5.62. The summed E-state index contributed by atoms with van der Waals surface area (Å²) in [5, 5.41) is 10.6. The molecule has 0 fully saturated rings. The number of anilines is 1. The van der Waals surface area contributed by atoms with Gasteiger partial charge in [-0.3, -0.25) is 4.57 Å². The maximum absolute atomic E-state index is 13.8. The highest BCUT2D eigenvalue weighted by Gasteiger charge is 2.23. The molecule has 0 bridgehead atoms. The lowest BCUT2D eigenvalue weighted by Crippen LogP contribution is -2.11. The van der Waals surface area contributed by atoms with Gasteiger partial charge in [-0.1, -0.05) is 12.6 Å². The SMILES string of the molecule is C=C1C=C(C)n2c(nnc2-c2c(F)cccc2F)N1. The van der Waals surface area contributed by atoms with E-state index < -0.39 is 11.6 Å². The molecule has 0 saturated carbocycles. The predicted molar refractivity (Wildman–Crippen MR) is 68.1 cm³/mol. The Labute approximate surface area is 108 Å². The van der Waals surface area contributed by atoms with Crippen LogP contribution in [0.5, 0.6) is 0 Å². The molecule has 2 aromatic rings. The second-order valence-corrected chi connectivity index (χ2v) is 4.22. The largest absolute Gasteiger partial charge is 0.324 e. The molecule has 4 nitrogen and oxygen atoms in total. The van der Waals surface area contributed by atoms with Gasteiger partial charge in [0.25, 0.3) is 0 Å². The van der Waals surface area contributed by atoms with Gasteiger partial charge in [-0.15, -0.1) is 10.2 Å². The summed E-state index contributed by atoms with van der Waals surface area (Å²) in [6.07, 6.45) is 1.75. The fourth-order valence-electron chi connectivity index (χ4n) is 2.07. The van der Waals surface area contributed by atoms with Gasteiger partial charge >= 0.3 is 0 Å². The van der Waals surface area contributed by atoms with Crippen molar-refractivity contribution in [3.05, 3.63) is 48.2 Å². The van der Waals surface area contributed by atoms with Crippen molar-refractivity contribution >= 4 is 11.6 Å². The lowest BCUT2D eigenvalue weighted by atomic mass is 10.1. The summed E-state index contributed by atoms with van der Waals surface area (Å²) in [5.74, 6) is -0.832. The molecule has 0 amide bonds. The Morgan fingerprint density at radius 3 is 2.58 bits per heavy atom. The topological polar surface area (TPSA) is 42.7 Å². The van der Waals surface area contributed by atoms with Crippen molar-refractivity contribution in [2.45, 2.75) is 6.92 Å².